The molecule has 3 rings (SSSR count). The maximum Gasteiger partial charge on any atom is 0.416 e. The van der Waals surface area contributed by atoms with E-state index in [0.717, 1.165) is 25.3 Å². The molecule has 0 saturated heterocycles. The van der Waals surface area contributed by atoms with E-state index in [1.54, 1.807) is 0 Å². The number of halogens is 3. The summed E-state index contributed by atoms with van der Waals surface area (Å²) in [7, 11) is 0. The second-order valence-corrected chi connectivity index (χ2v) is 5.76. The van der Waals surface area contributed by atoms with Gasteiger partial charge in [0, 0.05) is 17.5 Å². The molecular weight excluding hydrogens is 283 g/mol. The van der Waals surface area contributed by atoms with Crippen LogP contribution >= 0.6 is 0 Å². The van der Waals surface area contributed by atoms with Crippen molar-refractivity contribution in [1.29, 1.82) is 0 Å². The van der Waals surface area contributed by atoms with Crippen molar-refractivity contribution < 1.29 is 22.6 Å². The quantitative estimate of drug-likeness (QED) is 0.908. The molecule has 0 atom stereocenters. The van der Waals surface area contributed by atoms with Gasteiger partial charge in [-0.3, -0.25) is 0 Å². The van der Waals surface area contributed by atoms with Gasteiger partial charge >= 0.3 is 6.18 Å². The van der Waals surface area contributed by atoms with Gasteiger partial charge in [-0.1, -0.05) is 19.3 Å². The van der Waals surface area contributed by atoms with Crippen molar-refractivity contribution in [1.82, 2.24) is 0 Å². The Balaban J connectivity index is 2.21. The molecule has 0 unspecified atom stereocenters. The summed E-state index contributed by atoms with van der Waals surface area (Å²) in [6.07, 6.45) is -0.289. The summed E-state index contributed by atoms with van der Waals surface area (Å²) in [5.41, 5.74) is 4.81. The van der Waals surface area contributed by atoms with Crippen LogP contribution in [-0.2, 0) is 11.6 Å². The zero-order valence-corrected chi connectivity index (χ0v) is 11.6. The highest BCUT2D eigenvalue weighted by Crippen LogP contribution is 2.52. The second kappa shape index (κ2) is 5.09. The highest BCUT2D eigenvalue weighted by atomic mass is 19.4. The average Bonchev–Trinajstić information content (AvgIpc) is 2.94. The first-order valence-corrected chi connectivity index (χ1v) is 7.18. The molecule has 0 radical (unpaired) electrons. The fourth-order valence-corrected chi connectivity index (χ4v) is 3.52. The molecule has 0 amide bonds. The van der Waals surface area contributed by atoms with Gasteiger partial charge in [-0.05, 0) is 25.0 Å². The third-order valence-electron chi connectivity index (χ3n) is 4.58. The largest absolute Gasteiger partial charge is 0.454 e. The molecule has 1 saturated carbocycles. The molecule has 0 aromatic heterocycles. The molecule has 3 nitrogen and oxygen atoms in total. The topological polar surface area (TPSA) is 44.5 Å². The van der Waals surface area contributed by atoms with Gasteiger partial charge < -0.3 is 15.2 Å². The molecule has 1 aliphatic heterocycles. The standard InChI is InChI=1S/C15H18F3NO2/c16-15(17,18)10-4-5-11-13(21-9-20-11)12(10)14(8-19)6-2-1-3-7-14/h4-5H,1-3,6-9,19H2. The van der Waals surface area contributed by atoms with Crippen LogP contribution in [0.5, 0.6) is 11.5 Å². The van der Waals surface area contributed by atoms with Crippen LogP contribution in [0.4, 0.5) is 13.2 Å². The van der Waals surface area contributed by atoms with Crippen molar-refractivity contribution in [2.45, 2.75) is 43.7 Å². The van der Waals surface area contributed by atoms with E-state index >= 15 is 0 Å². The predicted molar refractivity (Wildman–Crippen MR) is 71.4 cm³/mol. The van der Waals surface area contributed by atoms with E-state index in [2.05, 4.69) is 0 Å². The van der Waals surface area contributed by atoms with E-state index in [0.29, 0.717) is 18.6 Å². The number of nitrogens with two attached hydrogens (primary N) is 1. The van der Waals surface area contributed by atoms with Gasteiger partial charge in [-0.15, -0.1) is 0 Å². The molecule has 21 heavy (non-hydrogen) atoms. The Morgan fingerprint density at radius 2 is 1.81 bits per heavy atom. The molecule has 1 heterocycles. The van der Waals surface area contributed by atoms with E-state index in [-0.39, 0.29) is 24.7 Å². The van der Waals surface area contributed by atoms with E-state index < -0.39 is 17.2 Å². The third-order valence-corrected chi connectivity index (χ3v) is 4.58. The van der Waals surface area contributed by atoms with Crippen molar-refractivity contribution in [2.24, 2.45) is 5.73 Å². The number of ether oxygens (including phenoxy) is 2. The zero-order chi connectivity index (χ0) is 15.1. The van der Waals surface area contributed by atoms with Crippen molar-refractivity contribution in [3.05, 3.63) is 23.3 Å². The molecule has 1 aromatic rings. The van der Waals surface area contributed by atoms with Crippen LogP contribution in [0.1, 0.15) is 43.2 Å². The maximum absolute atomic E-state index is 13.4. The van der Waals surface area contributed by atoms with Crippen molar-refractivity contribution in [3.8, 4) is 11.5 Å². The smallest absolute Gasteiger partial charge is 0.416 e. The SMILES string of the molecule is NCC1(c2c(C(F)(F)F)ccc3c2OCO3)CCCCC1. The van der Waals surface area contributed by atoms with Crippen LogP contribution in [0.15, 0.2) is 12.1 Å². The summed E-state index contributed by atoms with van der Waals surface area (Å²) >= 11 is 0. The first kappa shape index (κ1) is 14.5. The lowest BCUT2D eigenvalue weighted by Gasteiger charge is -2.38. The van der Waals surface area contributed by atoms with Crippen LogP contribution in [0.3, 0.4) is 0 Å². The summed E-state index contributed by atoms with van der Waals surface area (Å²) in [4.78, 5) is 0. The number of alkyl halides is 3. The van der Waals surface area contributed by atoms with Gasteiger partial charge in [0.15, 0.2) is 11.5 Å². The van der Waals surface area contributed by atoms with Gasteiger partial charge in [0.1, 0.15) is 0 Å². The fraction of sp³-hybridized carbons (Fsp3) is 0.600. The van der Waals surface area contributed by atoms with Gasteiger partial charge in [0.25, 0.3) is 0 Å². The van der Waals surface area contributed by atoms with Crippen LogP contribution in [-0.4, -0.2) is 13.3 Å². The Labute approximate surface area is 121 Å². The predicted octanol–water partition coefficient (Wildman–Crippen LogP) is 3.59. The Morgan fingerprint density at radius 1 is 1.10 bits per heavy atom. The molecule has 1 aliphatic carbocycles. The minimum Gasteiger partial charge on any atom is -0.454 e. The molecule has 6 heteroatoms. The minimum atomic E-state index is -4.42. The van der Waals surface area contributed by atoms with Crippen molar-refractivity contribution in [2.75, 3.05) is 13.3 Å². The highest BCUT2D eigenvalue weighted by molar-refractivity contribution is 5.56. The summed E-state index contributed by atoms with van der Waals surface area (Å²) in [5.74, 6) is 0.619. The monoisotopic (exact) mass is 301 g/mol. The van der Waals surface area contributed by atoms with Gasteiger partial charge in [-0.25, -0.2) is 0 Å². The summed E-state index contributed by atoms with van der Waals surface area (Å²) in [6, 6.07) is 2.43. The Morgan fingerprint density at radius 3 is 2.43 bits per heavy atom. The lowest BCUT2D eigenvalue weighted by atomic mass is 9.67. The molecule has 2 aliphatic rings. The van der Waals surface area contributed by atoms with Crippen LogP contribution in [0, 0.1) is 0 Å². The fourth-order valence-electron chi connectivity index (χ4n) is 3.52. The van der Waals surface area contributed by atoms with Crippen LogP contribution in [0.2, 0.25) is 0 Å². The number of hydrogen-bond acceptors (Lipinski definition) is 3. The van der Waals surface area contributed by atoms with Gasteiger partial charge in [0.05, 0.1) is 5.56 Å². The second-order valence-electron chi connectivity index (χ2n) is 5.76. The molecule has 1 fully saturated rings. The molecular formula is C15H18F3NO2. The number of fused-ring (bicyclic) bond motifs is 1. The van der Waals surface area contributed by atoms with Crippen LogP contribution in [0.25, 0.3) is 0 Å². The first-order chi connectivity index (χ1) is 9.98. The Bertz CT molecular complexity index is 536. The lowest BCUT2D eigenvalue weighted by Crippen LogP contribution is -2.39. The van der Waals surface area contributed by atoms with Gasteiger partial charge in [-0.2, -0.15) is 13.2 Å². The Kier molecular flexibility index (Phi) is 3.51. The number of benzene rings is 1. The lowest BCUT2D eigenvalue weighted by molar-refractivity contribution is -0.139. The third kappa shape index (κ3) is 2.35. The molecule has 2 N–H and O–H groups in total. The number of hydrogen-bond donors (Lipinski definition) is 1. The van der Waals surface area contributed by atoms with E-state index in [4.69, 9.17) is 15.2 Å². The normalized spacial score (nSPS) is 20.6. The summed E-state index contributed by atoms with van der Waals surface area (Å²) in [5, 5.41) is 0. The first-order valence-electron chi connectivity index (χ1n) is 7.18. The molecule has 1 aromatic carbocycles. The molecule has 0 spiro atoms. The average molecular weight is 301 g/mol. The summed E-state index contributed by atoms with van der Waals surface area (Å²) in [6.45, 7) is 0.153. The highest BCUT2D eigenvalue weighted by Gasteiger charge is 2.45. The van der Waals surface area contributed by atoms with Crippen molar-refractivity contribution in [3.63, 3.8) is 0 Å². The summed E-state index contributed by atoms with van der Waals surface area (Å²) < 4.78 is 50.9. The van der Waals surface area contributed by atoms with Crippen molar-refractivity contribution >= 4 is 0 Å². The number of rotatable bonds is 2. The molecule has 0 bridgehead atoms. The molecule has 116 valence electrons. The maximum atomic E-state index is 13.4. The van der Waals surface area contributed by atoms with E-state index in [1.807, 2.05) is 0 Å². The van der Waals surface area contributed by atoms with E-state index in [1.165, 1.54) is 6.07 Å². The Hall–Kier alpha value is -1.43. The van der Waals surface area contributed by atoms with Gasteiger partial charge in [0.2, 0.25) is 6.79 Å². The van der Waals surface area contributed by atoms with Crippen LogP contribution < -0.4 is 15.2 Å². The zero-order valence-electron chi connectivity index (χ0n) is 11.6. The minimum absolute atomic E-state index is 0.0374. The van der Waals surface area contributed by atoms with E-state index in [9.17, 15) is 13.2 Å².